The predicted molar refractivity (Wildman–Crippen MR) is 103 cm³/mol. The van der Waals surface area contributed by atoms with Gasteiger partial charge in [0.1, 0.15) is 5.75 Å². The molecule has 1 aromatic carbocycles. The SMILES string of the molecule is CCNC(=NCc1ccc(OC)c(Br)c1)NCCCOC1CCOC1. The van der Waals surface area contributed by atoms with Gasteiger partial charge in [0.25, 0.3) is 0 Å². The molecule has 1 aliphatic rings. The summed E-state index contributed by atoms with van der Waals surface area (Å²) >= 11 is 3.50. The molecule has 1 heterocycles. The third-order valence-electron chi connectivity index (χ3n) is 3.84. The second kappa shape index (κ2) is 11.3. The highest BCUT2D eigenvalue weighted by atomic mass is 79.9. The minimum absolute atomic E-state index is 0.274. The van der Waals surface area contributed by atoms with E-state index >= 15 is 0 Å². The Morgan fingerprint density at radius 3 is 2.96 bits per heavy atom. The number of ether oxygens (including phenoxy) is 3. The first-order chi connectivity index (χ1) is 12.2. The van der Waals surface area contributed by atoms with Gasteiger partial charge in [-0.2, -0.15) is 0 Å². The topological polar surface area (TPSA) is 64.1 Å². The van der Waals surface area contributed by atoms with Crippen LogP contribution in [0.3, 0.4) is 0 Å². The van der Waals surface area contributed by atoms with Crippen LogP contribution in [0, 0.1) is 0 Å². The van der Waals surface area contributed by atoms with Gasteiger partial charge in [0.15, 0.2) is 5.96 Å². The highest BCUT2D eigenvalue weighted by Crippen LogP contribution is 2.25. The summed E-state index contributed by atoms with van der Waals surface area (Å²) in [6.07, 6.45) is 2.22. The maximum absolute atomic E-state index is 5.77. The van der Waals surface area contributed by atoms with Gasteiger partial charge in [-0.15, -0.1) is 0 Å². The van der Waals surface area contributed by atoms with E-state index in [1.165, 1.54) is 0 Å². The van der Waals surface area contributed by atoms with Gasteiger partial charge in [-0.05, 0) is 53.4 Å². The third kappa shape index (κ3) is 7.22. The molecule has 0 amide bonds. The summed E-state index contributed by atoms with van der Waals surface area (Å²) in [6.45, 7) is 6.61. The lowest BCUT2D eigenvalue weighted by atomic mass is 10.2. The van der Waals surface area contributed by atoms with Crippen molar-refractivity contribution in [2.45, 2.75) is 32.4 Å². The van der Waals surface area contributed by atoms with Gasteiger partial charge in [0.2, 0.25) is 0 Å². The highest BCUT2D eigenvalue weighted by molar-refractivity contribution is 9.10. The van der Waals surface area contributed by atoms with E-state index in [0.717, 1.165) is 67.5 Å². The molecule has 1 saturated heterocycles. The van der Waals surface area contributed by atoms with Crippen LogP contribution >= 0.6 is 15.9 Å². The Hall–Kier alpha value is -1.31. The molecule has 1 aliphatic heterocycles. The van der Waals surface area contributed by atoms with E-state index in [4.69, 9.17) is 14.2 Å². The first-order valence-electron chi connectivity index (χ1n) is 8.77. The predicted octanol–water partition coefficient (Wildman–Crippen LogP) is 2.71. The van der Waals surface area contributed by atoms with Crippen molar-refractivity contribution in [3.05, 3.63) is 28.2 Å². The van der Waals surface area contributed by atoms with E-state index in [9.17, 15) is 0 Å². The van der Waals surface area contributed by atoms with Gasteiger partial charge in [-0.1, -0.05) is 6.07 Å². The monoisotopic (exact) mass is 413 g/mol. The molecule has 1 fully saturated rings. The van der Waals surface area contributed by atoms with E-state index in [1.54, 1.807) is 7.11 Å². The van der Waals surface area contributed by atoms with Crippen molar-refractivity contribution in [2.75, 3.05) is 40.0 Å². The van der Waals surface area contributed by atoms with Crippen molar-refractivity contribution in [2.24, 2.45) is 4.99 Å². The van der Waals surface area contributed by atoms with Crippen molar-refractivity contribution in [1.29, 1.82) is 0 Å². The van der Waals surface area contributed by atoms with Crippen LogP contribution in [0.15, 0.2) is 27.7 Å². The summed E-state index contributed by atoms with van der Waals surface area (Å²) in [6, 6.07) is 6.00. The van der Waals surface area contributed by atoms with Crippen LogP contribution in [0.2, 0.25) is 0 Å². The number of hydrogen-bond donors (Lipinski definition) is 2. The number of aliphatic imine (C=N–C) groups is 1. The van der Waals surface area contributed by atoms with Crippen LogP contribution in [0.25, 0.3) is 0 Å². The van der Waals surface area contributed by atoms with Crippen LogP contribution in [0.4, 0.5) is 0 Å². The zero-order chi connectivity index (χ0) is 17.9. The number of rotatable bonds is 9. The molecular formula is C18H28BrN3O3. The third-order valence-corrected chi connectivity index (χ3v) is 4.45. The van der Waals surface area contributed by atoms with Crippen molar-refractivity contribution in [3.8, 4) is 5.75 Å². The van der Waals surface area contributed by atoms with E-state index in [1.807, 2.05) is 18.2 Å². The molecule has 0 aliphatic carbocycles. The van der Waals surface area contributed by atoms with Crippen LogP contribution < -0.4 is 15.4 Å². The van der Waals surface area contributed by atoms with E-state index in [-0.39, 0.29) is 6.10 Å². The van der Waals surface area contributed by atoms with Crippen molar-refractivity contribution in [1.82, 2.24) is 10.6 Å². The van der Waals surface area contributed by atoms with E-state index in [0.29, 0.717) is 6.54 Å². The molecule has 25 heavy (non-hydrogen) atoms. The Bertz CT molecular complexity index is 548. The van der Waals surface area contributed by atoms with Gasteiger partial charge >= 0.3 is 0 Å². The second-order valence-corrected chi connectivity index (χ2v) is 6.66. The molecule has 0 radical (unpaired) electrons. The van der Waals surface area contributed by atoms with Crippen LogP contribution in [0.1, 0.15) is 25.3 Å². The van der Waals surface area contributed by atoms with Gasteiger partial charge in [-0.3, -0.25) is 0 Å². The van der Waals surface area contributed by atoms with Gasteiger partial charge in [0.05, 0.1) is 30.8 Å². The Morgan fingerprint density at radius 1 is 1.40 bits per heavy atom. The smallest absolute Gasteiger partial charge is 0.191 e. The largest absolute Gasteiger partial charge is 0.496 e. The zero-order valence-corrected chi connectivity index (χ0v) is 16.6. The van der Waals surface area contributed by atoms with E-state index < -0.39 is 0 Å². The Balaban J connectivity index is 1.74. The van der Waals surface area contributed by atoms with Crippen LogP contribution in [0.5, 0.6) is 5.75 Å². The summed E-state index contributed by atoms with van der Waals surface area (Å²) in [4.78, 5) is 4.63. The quantitative estimate of drug-likeness (QED) is 0.370. The minimum atomic E-state index is 0.274. The number of hydrogen-bond acceptors (Lipinski definition) is 4. The van der Waals surface area contributed by atoms with Gasteiger partial charge in [0, 0.05) is 26.3 Å². The molecule has 140 valence electrons. The standard InChI is InChI=1S/C18H28BrN3O3/c1-3-20-18(21-8-4-9-25-15-7-10-24-13-15)22-12-14-5-6-17(23-2)16(19)11-14/h5-6,11,15H,3-4,7-10,12-13H2,1-2H3,(H2,20,21,22). The zero-order valence-electron chi connectivity index (χ0n) is 15.0. The molecule has 1 aromatic rings. The molecule has 0 aromatic heterocycles. The van der Waals surface area contributed by atoms with Gasteiger partial charge in [-0.25, -0.2) is 4.99 Å². The number of benzene rings is 1. The number of guanidine groups is 1. The first kappa shape index (κ1) is 20.0. The fourth-order valence-electron chi connectivity index (χ4n) is 2.49. The maximum atomic E-state index is 5.77. The molecule has 7 heteroatoms. The van der Waals surface area contributed by atoms with Crippen LogP contribution in [-0.4, -0.2) is 52.1 Å². The summed E-state index contributed by atoms with van der Waals surface area (Å²) < 4.78 is 17.3. The van der Waals surface area contributed by atoms with E-state index in [2.05, 4.69) is 38.5 Å². The number of nitrogens with zero attached hydrogens (tertiary/aromatic N) is 1. The fraction of sp³-hybridized carbons (Fsp3) is 0.611. The molecule has 0 spiro atoms. The highest BCUT2D eigenvalue weighted by Gasteiger charge is 2.15. The average molecular weight is 414 g/mol. The summed E-state index contributed by atoms with van der Waals surface area (Å²) in [5.74, 6) is 1.64. The first-order valence-corrected chi connectivity index (χ1v) is 9.56. The number of nitrogens with one attached hydrogen (secondary N) is 2. The Labute approximate surface area is 158 Å². The minimum Gasteiger partial charge on any atom is -0.496 e. The molecule has 1 atom stereocenters. The maximum Gasteiger partial charge on any atom is 0.191 e. The van der Waals surface area contributed by atoms with Crippen molar-refractivity contribution in [3.63, 3.8) is 0 Å². The number of methoxy groups -OCH3 is 1. The summed E-state index contributed by atoms with van der Waals surface area (Å²) in [5, 5.41) is 6.61. The van der Waals surface area contributed by atoms with Crippen molar-refractivity contribution < 1.29 is 14.2 Å². The molecule has 1 unspecified atom stereocenters. The molecule has 2 rings (SSSR count). The molecule has 6 nitrogen and oxygen atoms in total. The number of halogens is 1. The van der Waals surface area contributed by atoms with Crippen molar-refractivity contribution >= 4 is 21.9 Å². The molecular weight excluding hydrogens is 386 g/mol. The average Bonchev–Trinajstić information content (AvgIpc) is 3.13. The molecule has 2 N–H and O–H groups in total. The Morgan fingerprint density at radius 2 is 2.28 bits per heavy atom. The normalized spacial score (nSPS) is 17.6. The van der Waals surface area contributed by atoms with Gasteiger partial charge < -0.3 is 24.8 Å². The molecule has 0 saturated carbocycles. The van der Waals surface area contributed by atoms with Crippen LogP contribution in [-0.2, 0) is 16.0 Å². The summed E-state index contributed by atoms with van der Waals surface area (Å²) in [7, 11) is 1.66. The fourth-order valence-corrected chi connectivity index (χ4v) is 3.08. The lowest BCUT2D eigenvalue weighted by molar-refractivity contribution is 0.0420. The summed E-state index contributed by atoms with van der Waals surface area (Å²) in [5.41, 5.74) is 1.12. The lowest BCUT2D eigenvalue weighted by Crippen LogP contribution is -2.38. The second-order valence-electron chi connectivity index (χ2n) is 5.80. The Kier molecular flexibility index (Phi) is 9.07. The molecule has 0 bridgehead atoms. The lowest BCUT2D eigenvalue weighted by Gasteiger charge is -2.13.